The van der Waals surface area contributed by atoms with Gasteiger partial charge in [-0.15, -0.1) is 0 Å². The summed E-state index contributed by atoms with van der Waals surface area (Å²) in [5.41, 5.74) is 2.90. The third-order valence-electron chi connectivity index (χ3n) is 4.14. The van der Waals surface area contributed by atoms with Gasteiger partial charge < -0.3 is 9.47 Å². The third-order valence-corrected chi connectivity index (χ3v) is 4.14. The van der Waals surface area contributed by atoms with Gasteiger partial charge in [0, 0.05) is 18.1 Å². The normalized spacial score (nSPS) is 18.6. The standard InChI is InChI=1S/C19H16N2O4/c1-12(22)25-18-19(23)21-10-11-24-15-9-5-8-14(17(15)21)16(20-18)13-6-3-2-4-7-13/h2-9,18H,10-11H2,1H3. The maximum absolute atomic E-state index is 12.9. The molecule has 1 amide bonds. The van der Waals surface area contributed by atoms with Crippen LogP contribution in [0.3, 0.4) is 0 Å². The van der Waals surface area contributed by atoms with Crippen LogP contribution in [-0.4, -0.2) is 37.0 Å². The maximum Gasteiger partial charge on any atom is 0.305 e. The minimum absolute atomic E-state index is 0.363. The van der Waals surface area contributed by atoms with Crippen molar-refractivity contribution in [1.82, 2.24) is 0 Å². The van der Waals surface area contributed by atoms with Crippen molar-refractivity contribution in [2.45, 2.75) is 13.2 Å². The average molecular weight is 336 g/mol. The van der Waals surface area contributed by atoms with Gasteiger partial charge in [0.25, 0.3) is 12.1 Å². The van der Waals surface area contributed by atoms with Crippen molar-refractivity contribution < 1.29 is 19.1 Å². The number of amides is 1. The fourth-order valence-electron chi connectivity index (χ4n) is 3.12. The highest BCUT2D eigenvalue weighted by atomic mass is 16.6. The van der Waals surface area contributed by atoms with E-state index in [2.05, 4.69) is 4.99 Å². The number of ether oxygens (including phenoxy) is 2. The molecule has 0 saturated heterocycles. The van der Waals surface area contributed by atoms with Gasteiger partial charge in [0.15, 0.2) is 0 Å². The molecular formula is C19H16N2O4. The lowest BCUT2D eigenvalue weighted by Crippen LogP contribution is -2.44. The summed E-state index contributed by atoms with van der Waals surface area (Å²) in [6.45, 7) is 2.04. The smallest absolute Gasteiger partial charge is 0.305 e. The molecule has 0 bridgehead atoms. The quantitative estimate of drug-likeness (QED) is 0.788. The second-order valence-corrected chi connectivity index (χ2v) is 5.80. The first-order valence-corrected chi connectivity index (χ1v) is 8.03. The number of hydrogen-bond acceptors (Lipinski definition) is 5. The molecule has 0 N–H and O–H groups in total. The monoisotopic (exact) mass is 336 g/mol. The Kier molecular flexibility index (Phi) is 3.72. The number of benzene rings is 2. The molecule has 2 aromatic carbocycles. The van der Waals surface area contributed by atoms with E-state index in [-0.39, 0.29) is 5.91 Å². The second-order valence-electron chi connectivity index (χ2n) is 5.80. The molecule has 25 heavy (non-hydrogen) atoms. The first-order chi connectivity index (χ1) is 12.1. The van der Waals surface area contributed by atoms with Gasteiger partial charge in [-0.05, 0) is 6.07 Å². The zero-order valence-electron chi connectivity index (χ0n) is 13.6. The van der Waals surface area contributed by atoms with Crippen LogP contribution in [0.25, 0.3) is 0 Å². The van der Waals surface area contributed by atoms with Crippen LogP contribution in [-0.2, 0) is 14.3 Å². The lowest BCUT2D eigenvalue weighted by molar-refractivity contribution is -0.152. The molecule has 2 heterocycles. The SMILES string of the molecule is CC(=O)OC1N=C(c2ccccc2)c2cccc3c2N(CCO3)C1=O. The van der Waals surface area contributed by atoms with Gasteiger partial charge in [0.1, 0.15) is 12.4 Å². The summed E-state index contributed by atoms with van der Waals surface area (Å²) < 4.78 is 10.9. The molecule has 2 aliphatic rings. The molecule has 6 heteroatoms. The van der Waals surface area contributed by atoms with Gasteiger partial charge >= 0.3 is 5.97 Å². The van der Waals surface area contributed by atoms with Crippen molar-refractivity contribution >= 4 is 23.3 Å². The van der Waals surface area contributed by atoms with Gasteiger partial charge in [0.2, 0.25) is 0 Å². The van der Waals surface area contributed by atoms with Gasteiger partial charge in [-0.1, -0.05) is 42.5 Å². The Morgan fingerprint density at radius 3 is 2.76 bits per heavy atom. The van der Waals surface area contributed by atoms with Gasteiger partial charge in [0.05, 0.1) is 17.9 Å². The zero-order valence-corrected chi connectivity index (χ0v) is 13.6. The molecule has 1 unspecified atom stereocenters. The van der Waals surface area contributed by atoms with Crippen molar-refractivity contribution in [2.75, 3.05) is 18.1 Å². The number of rotatable bonds is 2. The lowest BCUT2D eigenvalue weighted by atomic mass is 9.99. The molecule has 0 saturated carbocycles. The molecule has 0 aliphatic carbocycles. The molecule has 0 aromatic heterocycles. The van der Waals surface area contributed by atoms with Crippen LogP contribution in [0.15, 0.2) is 53.5 Å². The van der Waals surface area contributed by atoms with Crippen LogP contribution in [0.5, 0.6) is 5.75 Å². The predicted molar refractivity (Wildman–Crippen MR) is 91.9 cm³/mol. The largest absolute Gasteiger partial charge is 0.490 e. The lowest BCUT2D eigenvalue weighted by Gasteiger charge is -2.30. The van der Waals surface area contributed by atoms with Gasteiger partial charge in [-0.2, -0.15) is 0 Å². The zero-order chi connectivity index (χ0) is 17.4. The van der Waals surface area contributed by atoms with Crippen LogP contribution < -0.4 is 9.64 Å². The van der Waals surface area contributed by atoms with Crippen LogP contribution in [0, 0.1) is 0 Å². The van der Waals surface area contributed by atoms with E-state index in [0.717, 1.165) is 11.1 Å². The Morgan fingerprint density at radius 2 is 2.00 bits per heavy atom. The van der Waals surface area contributed by atoms with Gasteiger partial charge in [-0.25, -0.2) is 4.99 Å². The highest BCUT2D eigenvalue weighted by Crippen LogP contribution is 2.38. The molecule has 126 valence electrons. The van der Waals surface area contributed by atoms with Crippen LogP contribution in [0.2, 0.25) is 0 Å². The van der Waals surface area contributed by atoms with Crippen LogP contribution in [0.4, 0.5) is 5.69 Å². The molecule has 6 nitrogen and oxygen atoms in total. The van der Waals surface area contributed by atoms with E-state index in [1.165, 1.54) is 6.92 Å². The van der Waals surface area contributed by atoms with Crippen molar-refractivity contribution in [1.29, 1.82) is 0 Å². The third kappa shape index (κ3) is 2.65. The minimum Gasteiger partial charge on any atom is -0.490 e. The summed E-state index contributed by atoms with van der Waals surface area (Å²) in [5, 5.41) is 0. The molecule has 0 fully saturated rings. The van der Waals surface area contributed by atoms with Crippen LogP contribution >= 0.6 is 0 Å². The van der Waals surface area contributed by atoms with E-state index in [0.29, 0.717) is 30.3 Å². The maximum atomic E-state index is 12.9. The Balaban J connectivity index is 1.95. The number of carbonyl (C=O) groups is 2. The molecule has 2 aromatic rings. The molecule has 2 aliphatic heterocycles. The number of carbonyl (C=O) groups excluding carboxylic acids is 2. The van der Waals surface area contributed by atoms with Crippen molar-refractivity contribution in [3.8, 4) is 5.75 Å². The fraction of sp³-hybridized carbons (Fsp3) is 0.211. The Bertz CT molecular complexity index is 876. The van der Waals surface area contributed by atoms with Crippen molar-refractivity contribution in [3.05, 3.63) is 59.7 Å². The van der Waals surface area contributed by atoms with E-state index in [4.69, 9.17) is 9.47 Å². The van der Waals surface area contributed by atoms with E-state index in [1.807, 2.05) is 48.5 Å². The average Bonchev–Trinajstić information content (AvgIpc) is 2.74. The predicted octanol–water partition coefficient (Wildman–Crippen LogP) is 2.15. The summed E-state index contributed by atoms with van der Waals surface area (Å²) in [4.78, 5) is 30.5. The number of anilines is 1. The summed E-state index contributed by atoms with van der Waals surface area (Å²) in [6, 6.07) is 15.1. The molecule has 4 rings (SSSR count). The summed E-state index contributed by atoms with van der Waals surface area (Å²) in [7, 11) is 0. The topological polar surface area (TPSA) is 68.2 Å². The molecule has 1 atom stereocenters. The Morgan fingerprint density at radius 1 is 1.20 bits per heavy atom. The van der Waals surface area contributed by atoms with Crippen LogP contribution in [0.1, 0.15) is 18.1 Å². The Hall–Kier alpha value is -3.15. The highest BCUT2D eigenvalue weighted by molar-refractivity contribution is 6.21. The van der Waals surface area contributed by atoms with Gasteiger partial charge in [-0.3, -0.25) is 14.5 Å². The first kappa shape index (κ1) is 15.4. The highest BCUT2D eigenvalue weighted by Gasteiger charge is 2.37. The number of aliphatic imine (C=N–C) groups is 1. The fourth-order valence-corrected chi connectivity index (χ4v) is 3.12. The summed E-state index contributed by atoms with van der Waals surface area (Å²) in [6.07, 6.45) is -1.20. The summed E-state index contributed by atoms with van der Waals surface area (Å²) in [5.74, 6) is -0.281. The van der Waals surface area contributed by atoms with E-state index >= 15 is 0 Å². The van der Waals surface area contributed by atoms with E-state index < -0.39 is 12.2 Å². The molecule has 0 spiro atoms. The van der Waals surface area contributed by atoms with Crippen molar-refractivity contribution in [3.63, 3.8) is 0 Å². The molecule has 0 radical (unpaired) electrons. The number of hydrogen-bond donors (Lipinski definition) is 0. The number of para-hydroxylation sites is 1. The molecular weight excluding hydrogens is 320 g/mol. The summed E-state index contributed by atoms with van der Waals surface area (Å²) >= 11 is 0. The van der Waals surface area contributed by atoms with E-state index in [9.17, 15) is 9.59 Å². The second kappa shape index (κ2) is 6.05. The van der Waals surface area contributed by atoms with Crippen molar-refractivity contribution in [2.24, 2.45) is 4.99 Å². The Labute approximate surface area is 144 Å². The van der Waals surface area contributed by atoms with E-state index in [1.54, 1.807) is 4.90 Å². The first-order valence-electron chi connectivity index (χ1n) is 8.03. The number of esters is 1. The number of nitrogens with zero attached hydrogens (tertiary/aromatic N) is 2. The minimum atomic E-state index is -1.20.